The molecule has 3 N–H and O–H groups in total. The van der Waals surface area contributed by atoms with Gasteiger partial charge in [0.2, 0.25) is 27.7 Å². The Kier molecular flexibility index (Phi) is 11.5. The van der Waals surface area contributed by atoms with E-state index in [1.165, 1.54) is 13.3 Å². The van der Waals surface area contributed by atoms with Gasteiger partial charge in [0, 0.05) is 30.8 Å². The number of methoxy groups -OCH3 is 1. The quantitative estimate of drug-likeness (QED) is 0.269. The second-order valence-corrected chi connectivity index (χ2v) is 19.2. The van der Waals surface area contributed by atoms with E-state index in [1.54, 1.807) is 43.3 Å². The lowest BCUT2D eigenvalue weighted by Gasteiger charge is -2.47. The Labute approximate surface area is 335 Å². The lowest BCUT2D eigenvalue weighted by atomic mass is 9.84. The molecule has 1 saturated heterocycles. The zero-order chi connectivity index (χ0) is 42.6. The minimum Gasteiger partial charge on any atom is -0.497 e. The molecule has 6 rings (SSSR count). The van der Waals surface area contributed by atoms with E-state index in [0.29, 0.717) is 41.2 Å². The number of carbonyl (C=O) groups is 4. The van der Waals surface area contributed by atoms with Crippen molar-refractivity contribution in [2.45, 2.75) is 119 Å². The molecule has 0 radical (unpaired) electrons. The van der Waals surface area contributed by atoms with Gasteiger partial charge in [-0.15, -0.1) is 0 Å². The maximum atomic E-state index is 15.3. The minimum atomic E-state index is -4.47. The summed E-state index contributed by atoms with van der Waals surface area (Å²) in [5.41, 5.74) is -4.17. The normalized spacial score (nSPS) is 29.5. The molecule has 2 aliphatic carbocycles. The summed E-state index contributed by atoms with van der Waals surface area (Å²) < 4.78 is 82.9. The van der Waals surface area contributed by atoms with E-state index >= 15 is 13.6 Å². The number of allylic oxidation sites excluding steroid dienone is 1. The predicted molar refractivity (Wildman–Crippen MR) is 206 cm³/mol. The lowest BCUT2D eigenvalue weighted by molar-refractivity contribution is -0.156. The molecule has 4 aliphatic rings. The Morgan fingerprint density at radius 2 is 1.84 bits per heavy atom. The summed E-state index contributed by atoms with van der Waals surface area (Å²) in [6.45, 7) is 4.71. The number of ether oxygens (including phenoxy) is 2. The zero-order valence-corrected chi connectivity index (χ0v) is 34.3. The molecule has 4 amide bonds. The molecule has 1 aromatic carbocycles. The van der Waals surface area contributed by atoms with Crippen molar-refractivity contribution in [1.29, 1.82) is 0 Å². The van der Waals surface area contributed by atoms with Crippen LogP contribution in [0.25, 0.3) is 10.8 Å². The van der Waals surface area contributed by atoms with Crippen LogP contribution in [0, 0.1) is 17.8 Å². The van der Waals surface area contributed by atoms with E-state index in [1.807, 2.05) is 11.6 Å². The molecule has 3 fully saturated rings. The summed E-state index contributed by atoms with van der Waals surface area (Å²) in [5.74, 6) is -7.31. The van der Waals surface area contributed by atoms with Crippen molar-refractivity contribution in [2.75, 3.05) is 20.3 Å². The topological polar surface area (TPSA) is 185 Å². The van der Waals surface area contributed by atoms with Gasteiger partial charge in [0.25, 0.3) is 11.8 Å². The van der Waals surface area contributed by atoms with Gasteiger partial charge in [-0.2, -0.15) is 0 Å². The standard InChI is InChI=1S/C40H52F3N5O9S/c1-23-9-7-8-10-26-20-40(26,35(51)46-58(54,55)39(22-41)14-15-39)45-32(49)30-19-28(57-33-29-12-11-27(56-6)18-25(29)13-16-44-33)21-47(30)34(50)31(24(2)17-23)48(36(52)53)37(3,4)38(5,42)43/h8,10-13,16,18,23-24,26,28,30-31H,7,9,14-15,17,19-22H2,1-6H3,(H,45,49)(H,46,51)(H,52,53)/b10-8-/t23-,24+,26+,28+,30-,31-,40+/m0/s1. The minimum absolute atomic E-state index is 0.00494. The van der Waals surface area contributed by atoms with Gasteiger partial charge in [-0.1, -0.05) is 26.0 Å². The lowest BCUT2D eigenvalue weighted by Crippen LogP contribution is -2.66. The van der Waals surface area contributed by atoms with Crippen molar-refractivity contribution in [1.82, 2.24) is 24.8 Å². The van der Waals surface area contributed by atoms with Gasteiger partial charge in [0.15, 0.2) is 0 Å². The van der Waals surface area contributed by atoms with Crippen molar-refractivity contribution in [3.05, 3.63) is 42.6 Å². The molecule has 2 saturated carbocycles. The van der Waals surface area contributed by atoms with E-state index < -0.39 is 92.3 Å². The van der Waals surface area contributed by atoms with Crippen LogP contribution in [0.4, 0.5) is 18.0 Å². The van der Waals surface area contributed by atoms with Gasteiger partial charge in [-0.05, 0) is 93.9 Å². The number of hydrogen-bond donors (Lipinski definition) is 3. The van der Waals surface area contributed by atoms with E-state index in [0.717, 1.165) is 18.7 Å². The summed E-state index contributed by atoms with van der Waals surface area (Å²) in [5, 5.41) is 14.6. The first kappa shape index (κ1) is 43.0. The third kappa shape index (κ3) is 7.92. The van der Waals surface area contributed by atoms with Crippen molar-refractivity contribution < 1.29 is 55.3 Å². The van der Waals surface area contributed by atoms with Gasteiger partial charge in [0.1, 0.15) is 46.4 Å². The van der Waals surface area contributed by atoms with Gasteiger partial charge >= 0.3 is 6.09 Å². The number of pyridine rings is 1. The largest absolute Gasteiger partial charge is 0.497 e. The Hall–Kier alpha value is -4.61. The number of sulfonamides is 1. The number of benzene rings is 1. The monoisotopic (exact) mass is 835 g/mol. The van der Waals surface area contributed by atoms with Crippen LogP contribution in [0.1, 0.15) is 79.6 Å². The molecule has 0 spiro atoms. The summed E-state index contributed by atoms with van der Waals surface area (Å²) in [4.78, 5) is 62.6. The molecule has 7 atom stereocenters. The summed E-state index contributed by atoms with van der Waals surface area (Å²) in [6, 6.07) is 3.81. The highest BCUT2D eigenvalue weighted by Gasteiger charge is 2.64. The third-order valence-electron chi connectivity index (χ3n) is 12.6. The van der Waals surface area contributed by atoms with Gasteiger partial charge in [-0.25, -0.2) is 31.4 Å². The molecular formula is C40H52F3N5O9S. The fourth-order valence-corrected chi connectivity index (χ4v) is 9.75. The molecule has 14 nitrogen and oxygen atoms in total. The highest BCUT2D eigenvalue weighted by atomic mass is 32.2. The van der Waals surface area contributed by atoms with Crippen LogP contribution in [-0.4, -0.2) is 112 Å². The van der Waals surface area contributed by atoms with Crippen molar-refractivity contribution in [2.24, 2.45) is 17.8 Å². The number of alkyl halides is 3. The molecule has 18 heteroatoms. The van der Waals surface area contributed by atoms with E-state index in [9.17, 15) is 32.3 Å². The Morgan fingerprint density at radius 3 is 2.47 bits per heavy atom. The zero-order valence-electron chi connectivity index (χ0n) is 33.5. The predicted octanol–water partition coefficient (Wildman–Crippen LogP) is 5.21. The van der Waals surface area contributed by atoms with Crippen LogP contribution in [-0.2, 0) is 24.4 Å². The third-order valence-corrected chi connectivity index (χ3v) is 14.7. The van der Waals surface area contributed by atoms with Gasteiger partial charge < -0.3 is 24.8 Å². The maximum Gasteiger partial charge on any atom is 0.408 e. The van der Waals surface area contributed by atoms with Crippen LogP contribution in [0.2, 0.25) is 0 Å². The van der Waals surface area contributed by atoms with Crippen molar-refractivity contribution in [3.8, 4) is 11.6 Å². The number of amides is 4. The number of nitrogens with one attached hydrogen (secondary N) is 2. The molecule has 0 bridgehead atoms. The first-order valence-electron chi connectivity index (χ1n) is 19.5. The highest BCUT2D eigenvalue weighted by Crippen LogP contribution is 2.48. The first-order valence-corrected chi connectivity index (χ1v) is 21.0. The number of carbonyl (C=O) groups excluding carboxylic acids is 3. The first-order chi connectivity index (χ1) is 27.1. The Bertz CT molecular complexity index is 2090. The molecule has 2 aliphatic heterocycles. The van der Waals surface area contributed by atoms with Crippen molar-refractivity contribution >= 4 is 44.6 Å². The van der Waals surface area contributed by atoms with Crippen LogP contribution in [0.15, 0.2) is 42.6 Å². The summed E-state index contributed by atoms with van der Waals surface area (Å²) in [7, 11) is -2.95. The highest BCUT2D eigenvalue weighted by molar-refractivity contribution is 7.91. The molecular weight excluding hydrogens is 784 g/mol. The molecule has 0 unspecified atom stereocenters. The van der Waals surface area contributed by atoms with E-state index in [4.69, 9.17) is 9.47 Å². The molecule has 2 aromatic rings. The SMILES string of the molecule is COc1ccc2c(O[C@@H]3C[C@H]4C(=O)N[C@]5(C(=O)NS(=O)(=O)C6(CF)CC6)C[C@H]5/C=C\CC[C@H](C)C[C@@H](C)[C@H](N(C(=O)O)C(C)(C)C(C)(F)F)C(=O)N4C3)nccc2c1. The maximum absolute atomic E-state index is 15.3. The fourth-order valence-electron chi connectivity index (χ4n) is 8.32. The molecule has 318 valence electrons. The van der Waals surface area contributed by atoms with Gasteiger partial charge in [0.05, 0.1) is 13.7 Å². The van der Waals surface area contributed by atoms with Crippen LogP contribution in [0.5, 0.6) is 11.6 Å². The molecule has 58 heavy (non-hydrogen) atoms. The number of halogens is 3. The van der Waals surface area contributed by atoms with Crippen molar-refractivity contribution in [3.63, 3.8) is 0 Å². The Balaban J connectivity index is 1.42. The van der Waals surface area contributed by atoms with E-state index in [2.05, 4.69) is 10.3 Å². The molecule has 3 heterocycles. The number of aromatic nitrogens is 1. The average Bonchev–Trinajstić information content (AvgIpc) is 4.05. The van der Waals surface area contributed by atoms with Crippen LogP contribution < -0.4 is 19.5 Å². The smallest absolute Gasteiger partial charge is 0.408 e. The number of nitrogens with zero attached hydrogens (tertiary/aromatic N) is 3. The van der Waals surface area contributed by atoms with Crippen LogP contribution in [0.3, 0.4) is 0 Å². The second-order valence-electron chi connectivity index (χ2n) is 17.1. The number of carboxylic acid groups (broad SMARTS) is 1. The number of rotatable bonds is 10. The van der Waals surface area contributed by atoms with E-state index in [-0.39, 0.29) is 50.4 Å². The average molecular weight is 836 g/mol. The number of fused-ring (bicyclic) bond motifs is 3. The fraction of sp³-hybridized carbons (Fsp3) is 0.625. The number of hydrogen-bond acceptors (Lipinski definition) is 9. The van der Waals surface area contributed by atoms with Gasteiger partial charge in [-0.3, -0.25) is 24.0 Å². The molecule has 1 aromatic heterocycles. The second kappa shape index (κ2) is 15.5. The van der Waals surface area contributed by atoms with Crippen LogP contribution >= 0.6 is 0 Å². The summed E-state index contributed by atoms with van der Waals surface area (Å²) in [6.07, 6.45) is 3.48. The Morgan fingerprint density at radius 1 is 1.14 bits per heavy atom. The summed E-state index contributed by atoms with van der Waals surface area (Å²) >= 11 is 0.